The predicted octanol–water partition coefficient (Wildman–Crippen LogP) is 5.79. The fourth-order valence-electron chi connectivity index (χ4n) is 3.50. The molecular weight excluding hydrogens is 448 g/mol. The van der Waals surface area contributed by atoms with E-state index in [4.69, 9.17) is 4.74 Å². The van der Waals surface area contributed by atoms with Crippen molar-refractivity contribution in [1.29, 1.82) is 0 Å². The summed E-state index contributed by atoms with van der Waals surface area (Å²) in [7, 11) is 0. The first-order valence-electron chi connectivity index (χ1n) is 10.6. The van der Waals surface area contributed by atoms with E-state index in [0.29, 0.717) is 5.56 Å². The Balaban J connectivity index is 1.68. The molecule has 8 nitrogen and oxygen atoms in total. The highest BCUT2D eigenvalue weighted by molar-refractivity contribution is 6.09. The van der Waals surface area contributed by atoms with Gasteiger partial charge in [0.1, 0.15) is 12.4 Å². The molecule has 4 aromatic rings. The Hall–Kier alpha value is -4.98. The van der Waals surface area contributed by atoms with Gasteiger partial charge in [0.2, 0.25) is 0 Å². The van der Waals surface area contributed by atoms with E-state index in [1.165, 1.54) is 18.2 Å². The minimum atomic E-state index is -1.22. The number of carbonyl (C=O) groups is 2. The number of nitro groups is 1. The van der Waals surface area contributed by atoms with Crippen LogP contribution in [0.2, 0.25) is 0 Å². The Bertz CT molecular complexity index is 1390. The Kier molecular flexibility index (Phi) is 6.83. The maximum Gasteiger partial charge on any atom is 0.337 e. The normalized spacial score (nSPS) is 10.4. The van der Waals surface area contributed by atoms with Crippen LogP contribution in [0.25, 0.3) is 11.1 Å². The van der Waals surface area contributed by atoms with Gasteiger partial charge < -0.3 is 15.2 Å². The van der Waals surface area contributed by atoms with E-state index in [-0.39, 0.29) is 34.9 Å². The van der Waals surface area contributed by atoms with Crippen molar-refractivity contribution >= 4 is 23.3 Å². The number of aromatic carboxylic acids is 1. The zero-order valence-electron chi connectivity index (χ0n) is 18.4. The van der Waals surface area contributed by atoms with Crippen molar-refractivity contribution < 1.29 is 24.4 Å². The van der Waals surface area contributed by atoms with Gasteiger partial charge in [0.15, 0.2) is 0 Å². The van der Waals surface area contributed by atoms with Gasteiger partial charge in [0.25, 0.3) is 11.6 Å². The number of hydrogen-bond acceptors (Lipinski definition) is 5. The van der Waals surface area contributed by atoms with Crippen LogP contribution in [0.5, 0.6) is 5.75 Å². The Labute approximate surface area is 200 Å². The van der Waals surface area contributed by atoms with Crippen LogP contribution in [-0.4, -0.2) is 21.9 Å². The standard InChI is InChI=1S/C27H20N2O6/c30-26(28-24-15-20(11-13-22(24)27(31)32)19-9-5-2-6-10-19)23-16-21(29(33)34)12-14-25(23)35-17-18-7-3-1-4-8-18/h1-16H,17H2,(H,28,30)(H,31,32). The van der Waals surface area contributed by atoms with Crippen LogP contribution in [0, 0.1) is 10.1 Å². The van der Waals surface area contributed by atoms with Crippen molar-refractivity contribution in [3.05, 3.63) is 124 Å². The lowest BCUT2D eigenvalue weighted by atomic mass is 10.0. The summed E-state index contributed by atoms with van der Waals surface area (Å²) in [6, 6.07) is 26.8. The van der Waals surface area contributed by atoms with Crippen LogP contribution in [0.1, 0.15) is 26.3 Å². The van der Waals surface area contributed by atoms with Gasteiger partial charge in [-0.2, -0.15) is 0 Å². The predicted molar refractivity (Wildman–Crippen MR) is 131 cm³/mol. The molecule has 0 aliphatic rings. The fourth-order valence-corrected chi connectivity index (χ4v) is 3.50. The smallest absolute Gasteiger partial charge is 0.337 e. The van der Waals surface area contributed by atoms with Crippen LogP contribution in [0.4, 0.5) is 11.4 Å². The second-order valence-corrected chi connectivity index (χ2v) is 7.60. The Morgan fingerprint density at radius 1 is 0.829 bits per heavy atom. The first-order chi connectivity index (χ1) is 16.9. The summed E-state index contributed by atoms with van der Waals surface area (Å²) in [5, 5.41) is 23.6. The van der Waals surface area contributed by atoms with Gasteiger partial charge in [0, 0.05) is 12.1 Å². The summed E-state index contributed by atoms with van der Waals surface area (Å²) in [6.45, 7) is 0.142. The fraction of sp³-hybridized carbons (Fsp3) is 0.0370. The molecule has 0 aliphatic carbocycles. The number of ether oxygens (including phenoxy) is 1. The largest absolute Gasteiger partial charge is 0.488 e. The van der Waals surface area contributed by atoms with E-state index < -0.39 is 16.8 Å². The van der Waals surface area contributed by atoms with Gasteiger partial charge >= 0.3 is 5.97 Å². The summed E-state index contributed by atoms with van der Waals surface area (Å²) >= 11 is 0. The Morgan fingerprint density at radius 2 is 1.51 bits per heavy atom. The molecule has 0 saturated carbocycles. The molecule has 1 amide bonds. The van der Waals surface area contributed by atoms with E-state index in [1.807, 2.05) is 60.7 Å². The van der Waals surface area contributed by atoms with Crippen molar-refractivity contribution in [2.24, 2.45) is 0 Å². The quantitative estimate of drug-likeness (QED) is 0.249. The number of non-ortho nitro benzene ring substituents is 1. The van der Waals surface area contributed by atoms with Crippen molar-refractivity contribution in [1.82, 2.24) is 0 Å². The molecule has 4 rings (SSSR count). The summed E-state index contributed by atoms with van der Waals surface area (Å²) in [4.78, 5) is 35.7. The molecule has 4 aromatic carbocycles. The molecule has 0 spiro atoms. The Morgan fingerprint density at radius 3 is 2.17 bits per heavy atom. The number of carboxylic acids is 1. The molecular formula is C27H20N2O6. The zero-order valence-corrected chi connectivity index (χ0v) is 18.4. The summed E-state index contributed by atoms with van der Waals surface area (Å²) in [6.07, 6.45) is 0. The lowest BCUT2D eigenvalue weighted by Gasteiger charge is -2.14. The maximum absolute atomic E-state index is 13.2. The van der Waals surface area contributed by atoms with Gasteiger partial charge in [-0.25, -0.2) is 4.79 Å². The van der Waals surface area contributed by atoms with E-state index >= 15 is 0 Å². The van der Waals surface area contributed by atoms with E-state index in [1.54, 1.807) is 12.1 Å². The number of rotatable bonds is 8. The number of nitro benzene ring substituents is 1. The third kappa shape index (κ3) is 5.51. The molecule has 0 saturated heterocycles. The van der Waals surface area contributed by atoms with Crippen molar-refractivity contribution in [3.8, 4) is 16.9 Å². The first kappa shape index (κ1) is 23.2. The number of nitrogens with one attached hydrogen (secondary N) is 1. The van der Waals surface area contributed by atoms with Crippen LogP contribution in [0.15, 0.2) is 97.1 Å². The molecule has 35 heavy (non-hydrogen) atoms. The van der Waals surface area contributed by atoms with Gasteiger partial charge in [-0.1, -0.05) is 66.7 Å². The van der Waals surface area contributed by atoms with E-state index in [2.05, 4.69) is 5.32 Å². The molecule has 0 aromatic heterocycles. The topological polar surface area (TPSA) is 119 Å². The molecule has 0 bridgehead atoms. The van der Waals surface area contributed by atoms with Crippen molar-refractivity contribution in [3.63, 3.8) is 0 Å². The van der Waals surface area contributed by atoms with Crippen molar-refractivity contribution in [2.45, 2.75) is 6.61 Å². The second-order valence-electron chi connectivity index (χ2n) is 7.60. The number of carboxylic acid groups (broad SMARTS) is 1. The third-order valence-corrected chi connectivity index (χ3v) is 5.26. The minimum Gasteiger partial charge on any atom is -0.488 e. The van der Waals surface area contributed by atoms with Crippen LogP contribution < -0.4 is 10.1 Å². The van der Waals surface area contributed by atoms with Gasteiger partial charge in [0.05, 0.1) is 21.7 Å². The average Bonchev–Trinajstić information content (AvgIpc) is 2.88. The summed E-state index contributed by atoms with van der Waals surface area (Å²) < 4.78 is 5.79. The monoisotopic (exact) mass is 468 g/mol. The number of hydrogen-bond donors (Lipinski definition) is 2. The summed E-state index contributed by atoms with van der Waals surface area (Å²) in [5.41, 5.74) is 1.95. The molecule has 0 aliphatic heterocycles. The summed E-state index contributed by atoms with van der Waals surface area (Å²) in [5.74, 6) is -1.82. The molecule has 174 valence electrons. The highest BCUT2D eigenvalue weighted by Gasteiger charge is 2.21. The lowest BCUT2D eigenvalue weighted by molar-refractivity contribution is -0.384. The second kappa shape index (κ2) is 10.3. The number of anilines is 1. The number of nitrogens with zero attached hydrogens (tertiary/aromatic N) is 1. The zero-order chi connectivity index (χ0) is 24.8. The first-order valence-corrected chi connectivity index (χ1v) is 10.6. The molecule has 0 unspecified atom stereocenters. The number of amides is 1. The van der Waals surface area contributed by atoms with Gasteiger partial charge in [-0.15, -0.1) is 0 Å². The molecule has 0 radical (unpaired) electrons. The number of carbonyl (C=O) groups excluding carboxylic acids is 1. The lowest BCUT2D eigenvalue weighted by Crippen LogP contribution is -2.16. The van der Waals surface area contributed by atoms with Gasteiger partial charge in [-0.3, -0.25) is 14.9 Å². The van der Waals surface area contributed by atoms with Crippen molar-refractivity contribution in [2.75, 3.05) is 5.32 Å². The van der Waals surface area contributed by atoms with E-state index in [0.717, 1.165) is 17.2 Å². The van der Waals surface area contributed by atoms with Crippen LogP contribution >= 0.6 is 0 Å². The van der Waals surface area contributed by atoms with Crippen LogP contribution in [0.3, 0.4) is 0 Å². The molecule has 0 atom stereocenters. The SMILES string of the molecule is O=C(O)c1ccc(-c2ccccc2)cc1NC(=O)c1cc([N+](=O)[O-])ccc1OCc1ccccc1. The van der Waals surface area contributed by atoms with E-state index in [9.17, 15) is 24.8 Å². The van der Waals surface area contributed by atoms with Crippen LogP contribution in [-0.2, 0) is 6.61 Å². The molecule has 2 N–H and O–H groups in total. The van der Waals surface area contributed by atoms with Gasteiger partial charge in [-0.05, 0) is 34.9 Å². The third-order valence-electron chi connectivity index (χ3n) is 5.26. The molecule has 0 heterocycles. The average molecular weight is 468 g/mol. The highest BCUT2D eigenvalue weighted by Crippen LogP contribution is 2.29. The highest BCUT2D eigenvalue weighted by atomic mass is 16.6. The molecule has 8 heteroatoms. The molecule has 0 fully saturated rings. The number of benzene rings is 4. The maximum atomic E-state index is 13.2. The minimum absolute atomic E-state index is 0.0596.